The zero-order valence-electron chi connectivity index (χ0n) is 9.50. The normalized spacial score (nSPS) is 30.5. The van der Waals surface area contributed by atoms with Gasteiger partial charge < -0.3 is 4.79 Å². The molecule has 94 valence electrons. The summed E-state index contributed by atoms with van der Waals surface area (Å²) in [5.41, 5.74) is -0.815. The highest BCUT2D eigenvalue weighted by atomic mass is 35.5. The fraction of sp³-hybridized carbons (Fsp3) is 0.333. The van der Waals surface area contributed by atoms with E-state index in [9.17, 15) is 13.2 Å². The predicted octanol–water partition coefficient (Wildman–Crippen LogP) is 1.56. The summed E-state index contributed by atoms with van der Waals surface area (Å²) in [4.78, 5) is 11.1. The third-order valence-corrected chi connectivity index (χ3v) is 5.09. The maximum absolute atomic E-state index is 11.6. The van der Waals surface area contributed by atoms with Gasteiger partial charge in [-0.15, -0.1) is 0 Å². The van der Waals surface area contributed by atoms with Gasteiger partial charge in [-0.2, -0.15) is 5.26 Å². The number of rotatable bonds is 3. The minimum atomic E-state index is -3.46. The molecule has 0 radical (unpaired) electrons. The number of halogens is 1. The molecular weight excluding hydrogens is 274 g/mol. The molecule has 2 rings (SSSR count). The van der Waals surface area contributed by atoms with Gasteiger partial charge in [-0.25, -0.2) is 8.42 Å². The first-order valence-electron chi connectivity index (χ1n) is 5.18. The van der Waals surface area contributed by atoms with E-state index in [1.165, 1.54) is 0 Å². The van der Waals surface area contributed by atoms with E-state index in [0.29, 0.717) is 16.9 Å². The molecule has 0 N–H and O–H groups in total. The summed E-state index contributed by atoms with van der Waals surface area (Å²) in [5, 5.41) is 8.66. The van der Waals surface area contributed by atoms with Crippen molar-refractivity contribution in [3.05, 3.63) is 34.9 Å². The molecule has 3 atom stereocenters. The van der Waals surface area contributed by atoms with E-state index in [4.69, 9.17) is 16.9 Å². The lowest BCUT2D eigenvalue weighted by atomic mass is 10.0. The van der Waals surface area contributed by atoms with Crippen LogP contribution in [0.25, 0.3) is 0 Å². The number of hydrogen-bond acceptors (Lipinski definition) is 4. The van der Waals surface area contributed by atoms with Crippen LogP contribution in [0.2, 0.25) is 5.02 Å². The van der Waals surface area contributed by atoms with Crippen molar-refractivity contribution < 1.29 is 13.2 Å². The number of carbonyl (C=O) groups is 1. The van der Waals surface area contributed by atoms with Gasteiger partial charge in [-0.3, -0.25) is 0 Å². The number of nitrogens with zero attached hydrogens (tertiary/aromatic N) is 1. The van der Waals surface area contributed by atoms with Crippen LogP contribution in [0.1, 0.15) is 11.5 Å². The monoisotopic (exact) mass is 283 g/mol. The quantitative estimate of drug-likeness (QED) is 0.789. The van der Waals surface area contributed by atoms with Gasteiger partial charge in [-0.05, 0) is 17.7 Å². The minimum Gasteiger partial charge on any atom is -0.302 e. The molecule has 4 nitrogen and oxygen atoms in total. The topological polar surface area (TPSA) is 75.0 Å². The number of sulfone groups is 1. The first-order chi connectivity index (χ1) is 8.36. The number of benzene rings is 1. The van der Waals surface area contributed by atoms with E-state index >= 15 is 0 Å². The second kappa shape index (κ2) is 4.08. The largest absolute Gasteiger partial charge is 0.302 e. The van der Waals surface area contributed by atoms with Crippen LogP contribution in [-0.2, 0) is 14.6 Å². The van der Waals surface area contributed by atoms with Crippen LogP contribution in [0.3, 0.4) is 0 Å². The first kappa shape index (κ1) is 13.1. The van der Waals surface area contributed by atoms with Gasteiger partial charge >= 0.3 is 0 Å². The van der Waals surface area contributed by atoms with Crippen LogP contribution >= 0.6 is 11.6 Å². The van der Waals surface area contributed by atoms with Gasteiger partial charge in [0.1, 0.15) is 11.7 Å². The van der Waals surface area contributed by atoms with Gasteiger partial charge in [0.2, 0.25) is 0 Å². The molecule has 6 heteroatoms. The van der Waals surface area contributed by atoms with Crippen LogP contribution in [-0.4, -0.2) is 26.2 Å². The molecule has 1 aromatic carbocycles. The third-order valence-electron chi connectivity index (χ3n) is 3.26. The van der Waals surface area contributed by atoms with Crippen LogP contribution in [0.5, 0.6) is 0 Å². The fourth-order valence-electron chi connectivity index (χ4n) is 2.40. The summed E-state index contributed by atoms with van der Waals surface area (Å²) in [6.07, 6.45) is 1.49. The van der Waals surface area contributed by atoms with Crippen molar-refractivity contribution in [2.75, 3.05) is 6.26 Å². The summed E-state index contributed by atoms with van der Waals surface area (Å²) in [7, 11) is -3.46. The van der Waals surface area contributed by atoms with Gasteiger partial charge in [0.15, 0.2) is 9.84 Å². The summed E-state index contributed by atoms with van der Waals surface area (Å²) in [5.74, 6) is -0.604. The maximum atomic E-state index is 11.6. The Labute approximate surface area is 110 Å². The van der Waals surface area contributed by atoms with E-state index in [1.807, 2.05) is 6.07 Å². The van der Waals surface area contributed by atoms with Crippen molar-refractivity contribution in [1.82, 2.24) is 0 Å². The molecule has 1 aromatic rings. The predicted molar refractivity (Wildman–Crippen MR) is 66.9 cm³/mol. The molecule has 0 spiro atoms. The minimum absolute atomic E-state index is 0.442. The molecule has 1 saturated carbocycles. The summed E-state index contributed by atoms with van der Waals surface area (Å²) in [6, 6.07) is 8.36. The molecule has 0 amide bonds. The number of carbonyl (C=O) groups excluding carboxylic acids is 1. The Bertz CT molecular complexity index is 632. The highest BCUT2D eigenvalue weighted by Crippen LogP contribution is 2.61. The van der Waals surface area contributed by atoms with Gasteiger partial charge in [0.05, 0.1) is 11.3 Å². The summed E-state index contributed by atoms with van der Waals surface area (Å²) >= 11 is 5.75. The van der Waals surface area contributed by atoms with Crippen molar-refractivity contribution in [3.8, 4) is 6.07 Å². The van der Waals surface area contributed by atoms with E-state index in [2.05, 4.69) is 0 Å². The molecule has 0 unspecified atom stereocenters. The second-order valence-electron chi connectivity index (χ2n) is 4.44. The molecule has 1 fully saturated rings. The van der Waals surface area contributed by atoms with Crippen LogP contribution in [0, 0.1) is 16.7 Å². The van der Waals surface area contributed by atoms with E-state index in [0.717, 1.165) is 6.26 Å². The van der Waals surface area contributed by atoms with Crippen molar-refractivity contribution in [3.63, 3.8) is 0 Å². The number of aldehydes is 1. The van der Waals surface area contributed by atoms with Crippen LogP contribution in [0.15, 0.2) is 24.3 Å². The third kappa shape index (κ3) is 1.82. The van der Waals surface area contributed by atoms with Crippen molar-refractivity contribution in [2.45, 2.75) is 11.2 Å². The SMILES string of the molecule is CS(=O)(=O)[C@@H]1[C@H](c2ccc(Cl)cc2)[C@]1(C#N)C=O. The Hall–Kier alpha value is -1.38. The van der Waals surface area contributed by atoms with Gasteiger partial charge in [0, 0.05) is 17.2 Å². The Morgan fingerprint density at radius 2 is 1.94 bits per heavy atom. The van der Waals surface area contributed by atoms with E-state index in [-0.39, 0.29) is 0 Å². The molecule has 1 aliphatic rings. The first-order valence-corrected chi connectivity index (χ1v) is 7.52. The Balaban J connectivity index is 2.49. The lowest BCUT2D eigenvalue weighted by Gasteiger charge is -1.99. The van der Waals surface area contributed by atoms with Crippen LogP contribution < -0.4 is 0 Å². The lowest BCUT2D eigenvalue weighted by Crippen LogP contribution is -2.14. The zero-order chi connectivity index (χ0) is 13.6. The Kier molecular flexibility index (Phi) is 2.96. The van der Waals surface area contributed by atoms with E-state index in [1.54, 1.807) is 24.3 Å². The molecule has 0 heterocycles. The maximum Gasteiger partial charge on any atom is 0.153 e. The highest BCUT2D eigenvalue weighted by Gasteiger charge is 2.71. The van der Waals surface area contributed by atoms with Gasteiger partial charge in [0.25, 0.3) is 0 Å². The highest BCUT2D eigenvalue weighted by molar-refractivity contribution is 7.91. The molecule has 0 aromatic heterocycles. The summed E-state index contributed by atoms with van der Waals surface area (Å²) in [6.45, 7) is 0. The number of nitriles is 1. The van der Waals surface area contributed by atoms with Crippen molar-refractivity contribution in [2.24, 2.45) is 5.41 Å². The zero-order valence-corrected chi connectivity index (χ0v) is 11.1. The Morgan fingerprint density at radius 3 is 2.28 bits per heavy atom. The van der Waals surface area contributed by atoms with E-state index < -0.39 is 26.4 Å². The average molecular weight is 284 g/mol. The molecular formula is C12H10ClNO3S. The Morgan fingerprint density at radius 1 is 1.39 bits per heavy atom. The van der Waals surface area contributed by atoms with Crippen LogP contribution in [0.4, 0.5) is 0 Å². The van der Waals surface area contributed by atoms with Crippen molar-refractivity contribution in [1.29, 1.82) is 5.26 Å². The molecule has 0 bridgehead atoms. The van der Waals surface area contributed by atoms with Gasteiger partial charge in [-0.1, -0.05) is 23.7 Å². The molecule has 18 heavy (non-hydrogen) atoms. The smallest absolute Gasteiger partial charge is 0.153 e. The lowest BCUT2D eigenvalue weighted by molar-refractivity contribution is -0.110. The molecule has 0 aliphatic heterocycles. The molecule has 0 saturated heterocycles. The molecule has 1 aliphatic carbocycles. The average Bonchev–Trinajstić information content (AvgIpc) is 3.00. The number of hydrogen-bond donors (Lipinski definition) is 0. The second-order valence-corrected chi connectivity index (χ2v) is 7.05. The van der Waals surface area contributed by atoms with Crippen molar-refractivity contribution >= 4 is 27.7 Å². The standard InChI is InChI=1S/C12H10ClNO3S/c1-18(16,17)11-10(12(11,6-14)7-15)8-2-4-9(13)5-3-8/h2-5,7,10-11H,1H3/t10-,11+,12-/m0/s1. The summed E-state index contributed by atoms with van der Waals surface area (Å²) < 4.78 is 23.3. The fourth-order valence-corrected chi connectivity index (χ4v) is 4.28.